The van der Waals surface area contributed by atoms with Gasteiger partial charge in [0.05, 0.1) is 6.20 Å². The molecule has 2 N–H and O–H groups in total. The summed E-state index contributed by atoms with van der Waals surface area (Å²) in [6.07, 6.45) is 1.92. The molecule has 6 nitrogen and oxygen atoms in total. The van der Waals surface area contributed by atoms with Crippen LogP contribution in [-0.4, -0.2) is 22.1 Å². The molecule has 0 aliphatic heterocycles. The van der Waals surface area contributed by atoms with E-state index in [9.17, 15) is 9.59 Å². The molecule has 2 rings (SSSR count). The Balaban J connectivity index is 1.99. The number of aliphatic carboxylic acids is 1. The lowest BCUT2D eigenvalue weighted by Crippen LogP contribution is -2.12. The van der Waals surface area contributed by atoms with Gasteiger partial charge in [-0.05, 0) is 31.0 Å². The second-order valence-corrected chi connectivity index (χ2v) is 4.34. The van der Waals surface area contributed by atoms with E-state index >= 15 is 0 Å². The van der Waals surface area contributed by atoms with Gasteiger partial charge in [0.25, 0.3) is 5.91 Å². The van der Waals surface area contributed by atoms with Gasteiger partial charge in [0.2, 0.25) is 0 Å². The Morgan fingerprint density at radius 3 is 2.55 bits per heavy atom. The summed E-state index contributed by atoms with van der Waals surface area (Å²) in [6, 6.07) is 7.05. The van der Waals surface area contributed by atoms with Gasteiger partial charge in [-0.15, -0.1) is 0 Å². The highest BCUT2D eigenvalue weighted by Crippen LogP contribution is 2.14. The average molecular weight is 274 g/mol. The Morgan fingerprint density at radius 1 is 1.30 bits per heavy atom. The Bertz CT molecular complexity index is 616. The molecule has 0 bridgehead atoms. The van der Waals surface area contributed by atoms with Gasteiger partial charge in [0.15, 0.2) is 0 Å². The van der Waals surface area contributed by atoms with E-state index in [1.807, 2.05) is 0 Å². The van der Waals surface area contributed by atoms with Crippen LogP contribution in [0.5, 0.6) is 0 Å². The molecule has 1 aromatic carbocycles. The summed E-state index contributed by atoms with van der Waals surface area (Å²) in [5.41, 5.74) is 1.93. The second kappa shape index (κ2) is 6.01. The molecule has 0 saturated carbocycles. The van der Waals surface area contributed by atoms with E-state index in [0.29, 0.717) is 23.4 Å². The Labute approximate surface area is 115 Å². The minimum Gasteiger partial charge on any atom is -0.481 e. The van der Waals surface area contributed by atoms with Crippen LogP contribution in [-0.2, 0) is 11.2 Å². The molecule has 0 saturated heterocycles. The summed E-state index contributed by atoms with van der Waals surface area (Å²) in [7, 11) is 0. The number of rotatable bonds is 5. The fourth-order valence-electron chi connectivity index (χ4n) is 1.72. The minimum atomic E-state index is -0.828. The fraction of sp³-hybridized carbons (Fsp3) is 0.214. The summed E-state index contributed by atoms with van der Waals surface area (Å²) in [5.74, 6) is -0.659. The average Bonchev–Trinajstić information content (AvgIpc) is 2.84. The lowest BCUT2D eigenvalue weighted by molar-refractivity contribution is -0.136. The summed E-state index contributed by atoms with van der Waals surface area (Å²) in [5, 5.41) is 14.9. The zero-order valence-corrected chi connectivity index (χ0v) is 10.9. The number of anilines is 1. The number of nitrogens with one attached hydrogen (secondary N) is 1. The van der Waals surface area contributed by atoms with E-state index in [1.165, 1.54) is 6.20 Å². The monoisotopic (exact) mass is 274 g/mol. The zero-order chi connectivity index (χ0) is 14.5. The maximum atomic E-state index is 11.9. The normalized spacial score (nSPS) is 10.2. The molecule has 1 heterocycles. The lowest BCUT2D eigenvalue weighted by atomic mass is 10.1. The van der Waals surface area contributed by atoms with Crippen LogP contribution in [0.15, 0.2) is 35.0 Å². The van der Waals surface area contributed by atoms with E-state index in [4.69, 9.17) is 9.63 Å². The van der Waals surface area contributed by atoms with Crippen molar-refractivity contribution in [2.75, 3.05) is 5.32 Å². The first-order chi connectivity index (χ1) is 9.56. The summed E-state index contributed by atoms with van der Waals surface area (Å²) >= 11 is 0. The number of carboxylic acid groups (broad SMARTS) is 1. The molecule has 0 fully saturated rings. The molecule has 0 atom stereocenters. The number of aryl methyl sites for hydroxylation is 2. The van der Waals surface area contributed by atoms with Crippen molar-refractivity contribution in [3.05, 3.63) is 47.3 Å². The minimum absolute atomic E-state index is 0.0889. The maximum Gasteiger partial charge on any atom is 0.303 e. The first-order valence-electron chi connectivity index (χ1n) is 6.09. The zero-order valence-electron chi connectivity index (χ0n) is 10.9. The predicted octanol–water partition coefficient (Wildman–Crippen LogP) is 2.25. The number of benzene rings is 1. The Hall–Kier alpha value is -2.63. The van der Waals surface area contributed by atoms with Gasteiger partial charge in [-0.3, -0.25) is 9.59 Å². The molecule has 0 unspecified atom stereocenters. The van der Waals surface area contributed by atoms with E-state index in [2.05, 4.69) is 10.5 Å². The van der Waals surface area contributed by atoms with Crippen molar-refractivity contribution in [2.24, 2.45) is 0 Å². The molecule has 1 aromatic heterocycles. The van der Waals surface area contributed by atoms with Crippen LogP contribution in [0.1, 0.15) is 28.1 Å². The van der Waals surface area contributed by atoms with Crippen molar-refractivity contribution in [1.82, 2.24) is 5.16 Å². The van der Waals surface area contributed by atoms with Gasteiger partial charge < -0.3 is 14.9 Å². The SMILES string of the molecule is Cc1oncc1C(=O)Nc1ccc(CCC(=O)O)cc1. The molecule has 104 valence electrons. The Morgan fingerprint density at radius 2 is 2.00 bits per heavy atom. The third-order valence-corrected chi connectivity index (χ3v) is 2.83. The van der Waals surface area contributed by atoms with Gasteiger partial charge >= 0.3 is 5.97 Å². The topological polar surface area (TPSA) is 92.4 Å². The first-order valence-corrected chi connectivity index (χ1v) is 6.09. The van der Waals surface area contributed by atoms with Crippen LogP contribution in [0.2, 0.25) is 0 Å². The summed E-state index contributed by atoms with van der Waals surface area (Å²) in [4.78, 5) is 22.4. The first kappa shape index (κ1) is 13.8. The van der Waals surface area contributed by atoms with E-state index in [0.717, 1.165) is 5.56 Å². The van der Waals surface area contributed by atoms with E-state index in [-0.39, 0.29) is 12.3 Å². The number of nitrogens with zero attached hydrogens (tertiary/aromatic N) is 1. The standard InChI is InChI=1S/C14H14N2O4/c1-9-12(8-15-20-9)14(19)16-11-5-2-10(3-6-11)4-7-13(17)18/h2-3,5-6,8H,4,7H2,1H3,(H,16,19)(H,17,18). The van der Waals surface area contributed by atoms with Gasteiger partial charge in [-0.2, -0.15) is 0 Å². The molecule has 0 aliphatic carbocycles. The van der Waals surface area contributed by atoms with Gasteiger partial charge in [-0.25, -0.2) is 0 Å². The highest BCUT2D eigenvalue weighted by Gasteiger charge is 2.12. The molecular formula is C14H14N2O4. The molecule has 20 heavy (non-hydrogen) atoms. The fourth-order valence-corrected chi connectivity index (χ4v) is 1.72. The molecule has 6 heteroatoms. The van der Waals surface area contributed by atoms with Crippen LogP contribution in [0, 0.1) is 6.92 Å². The van der Waals surface area contributed by atoms with Crippen molar-refractivity contribution < 1.29 is 19.2 Å². The number of carbonyl (C=O) groups is 2. The number of hydrogen-bond acceptors (Lipinski definition) is 4. The number of carboxylic acids is 1. The van der Waals surface area contributed by atoms with Crippen molar-refractivity contribution in [3.8, 4) is 0 Å². The summed E-state index contributed by atoms with van der Waals surface area (Å²) < 4.78 is 4.83. The van der Waals surface area contributed by atoms with Crippen LogP contribution in [0.3, 0.4) is 0 Å². The van der Waals surface area contributed by atoms with Gasteiger partial charge in [0.1, 0.15) is 11.3 Å². The van der Waals surface area contributed by atoms with Crippen molar-refractivity contribution >= 4 is 17.6 Å². The smallest absolute Gasteiger partial charge is 0.303 e. The molecular weight excluding hydrogens is 260 g/mol. The molecule has 2 aromatic rings. The quantitative estimate of drug-likeness (QED) is 0.872. The van der Waals surface area contributed by atoms with Crippen LogP contribution in [0.4, 0.5) is 5.69 Å². The molecule has 0 radical (unpaired) electrons. The largest absolute Gasteiger partial charge is 0.481 e. The van der Waals surface area contributed by atoms with Crippen molar-refractivity contribution in [2.45, 2.75) is 19.8 Å². The molecule has 0 aliphatic rings. The number of aromatic nitrogens is 1. The van der Waals surface area contributed by atoms with Crippen LogP contribution < -0.4 is 5.32 Å². The third-order valence-electron chi connectivity index (χ3n) is 2.83. The highest BCUT2D eigenvalue weighted by atomic mass is 16.5. The van der Waals surface area contributed by atoms with E-state index in [1.54, 1.807) is 31.2 Å². The van der Waals surface area contributed by atoms with Crippen LogP contribution >= 0.6 is 0 Å². The molecule has 0 spiro atoms. The van der Waals surface area contributed by atoms with Gasteiger partial charge in [-0.1, -0.05) is 17.3 Å². The highest BCUT2D eigenvalue weighted by molar-refractivity contribution is 6.04. The number of carbonyl (C=O) groups excluding carboxylic acids is 1. The Kier molecular flexibility index (Phi) is 4.14. The van der Waals surface area contributed by atoms with Crippen molar-refractivity contribution in [1.29, 1.82) is 0 Å². The number of hydrogen-bond donors (Lipinski definition) is 2. The maximum absolute atomic E-state index is 11.9. The van der Waals surface area contributed by atoms with Crippen LogP contribution in [0.25, 0.3) is 0 Å². The summed E-state index contributed by atoms with van der Waals surface area (Å²) in [6.45, 7) is 1.66. The second-order valence-electron chi connectivity index (χ2n) is 4.34. The number of amides is 1. The molecule has 1 amide bonds. The predicted molar refractivity (Wildman–Crippen MR) is 71.6 cm³/mol. The van der Waals surface area contributed by atoms with Gasteiger partial charge in [0, 0.05) is 12.1 Å². The van der Waals surface area contributed by atoms with E-state index < -0.39 is 5.97 Å². The third kappa shape index (κ3) is 3.44. The lowest BCUT2D eigenvalue weighted by Gasteiger charge is -2.05. The van der Waals surface area contributed by atoms with Crippen molar-refractivity contribution in [3.63, 3.8) is 0 Å².